The lowest BCUT2D eigenvalue weighted by atomic mass is 10.2. The van der Waals surface area contributed by atoms with Crippen molar-refractivity contribution in [3.63, 3.8) is 0 Å². The smallest absolute Gasteiger partial charge is 0.122 e. The quantitative estimate of drug-likeness (QED) is 0.841. The first-order valence-electron chi connectivity index (χ1n) is 7.07. The molecule has 0 fully saturated rings. The number of hydrogen-bond acceptors (Lipinski definition) is 4. The van der Waals surface area contributed by atoms with Crippen molar-refractivity contribution in [1.29, 1.82) is 0 Å². The molecule has 1 atom stereocenters. The summed E-state index contributed by atoms with van der Waals surface area (Å²) in [7, 11) is 3.93. The highest BCUT2D eigenvalue weighted by Crippen LogP contribution is 2.12. The van der Waals surface area contributed by atoms with Gasteiger partial charge in [0.1, 0.15) is 24.3 Å². The fraction of sp³-hybridized carbons (Fsp3) is 0.438. The van der Waals surface area contributed by atoms with Gasteiger partial charge >= 0.3 is 0 Å². The van der Waals surface area contributed by atoms with Gasteiger partial charge in [-0.2, -0.15) is 0 Å². The van der Waals surface area contributed by atoms with Crippen LogP contribution in [-0.2, 0) is 13.6 Å². The lowest BCUT2D eigenvalue weighted by Crippen LogP contribution is -2.33. The zero-order valence-electron chi connectivity index (χ0n) is 12.9. The van der Waals surface area contributed by atoms with Gasteiger partial charge in [-0.25, -0.2) is 4.98 Å². The van der Waals surface area contributed by atoms with Gasteiger partial charge in [0.2, 0.25) is 0 Å². The lowest BCUT2D eigenvalue weighted by molar-refractivity contribution is 0.0734. The number of ether oxygens (including phenoxy) is 1. The molecule has 5 heteroatoms. The Morgan fingerprint density at radius 2 is 2.24 bits per heavy atom. The SMILES string of the molecule is Cc1cccc(OCC(O)CN(C)Cc2nccn2C)c1. The second-order valence-corrected chi connectivity index (χ2v) is 5.43. The van der Waals surface area contributed by atoms with Crippen LogP contribution in [0.5, 0.6) is 5.75 Å². The summed E-state index contributed by atoms with van der Waals surface area (Å²) in [5, 5.41) is 10.1. The Kier molecular flexibility index (Phi) is 5.36. The van der Waals surface area contributed by atoms with Crippen molar-refractivity contribution in [3.05, 3.63) is 48.0 Å². The van der Waals surface area contributed by atoms with Crippen molar-refractivity contribution < 1.29 is 9.84 Å². The average Bonchev–Trinajstić information content (AvgIpc) is 2.82. The minimum atomic E-state index is -0.532. The summed E-state index contributed by atoms with van der Waals surface area (Å²) < 4.78 is 7.59. The van der Waals surface area contributed by atoms with Crippen LogP contribution in [0, 0.1) is 6.92 Å². The molecule has 0 radical (unpaired) electrons. The number of hydrogen-bond donors (Lipinski definition) is 1. The number of aliphatic hydroxyl groups is 1. The van der Waals surface area contributed by atoms with Gasteiger partial charge < -0.3 is 14.4 Å². The summed E-state index contributed by atoms with van der Waals surface area (Å²) in [6.07, 6.45) is 3.16. The topological polar surface area (TPSA) is 50.5 Å². The Morgan fingerprint density at radius 3 is 2.90 bits per heavy atom. The third-order valence-corrected chi connectivity index (χ3v) is 3.29. The number of imidazole rings is 1. The third kappa shape index (κ3) is 4.88. The van der Waals surface area contributed by atoms with Crippen molar-refractivity contribution in [2.45, 2.75) is 19.6 Å². The van der Waals surface area contributed by atoms with Crippen LogP contribution in [0.4, 0.5) is 0 Å². The van der Waals surface area contributed by atoms with Crippen molar-refractivity contribution in [2.75, 3.05) is 20.2 Å². The molecule has 0 bridgehead atoms. The fourth-order valence-corrected chi connectivity index (χ4v) is 2.16. The van der Waals surface area contributed by atoms with Crippen molar-refractivity contribution in [2.24, 2.45) is 7.05 Å². The summed E-state index contributed by atoms with van der Waals surface area (Å²) >= 11 is 0. The van der Waals surface area contributed by atoms with E-state index in [0.717, 1.165) is 17.1 Å². The fourth-order valence-electron chi connectivity index (χ4n) is 2.16. The molecule has 0 saturated heterocycles. The molecule has 1 aromatic heterocycles. The molecule has 1 heterocycles. The average molecular weight is 289 g/mol. The molecule has 1 N–H and O–H groups in total. The summed E-state index contributed by atoms with van der Waals surface area (Å²) in [6, 6.07) is 7.83. The highest BCUT2D eigenvalue weighted by atomic mass is 16.5. The number of aromatic nitrogens is 2. The molecule has 0 aliphatic rings. The molecule has 2 aromatic rings. The molecule has 0 spiro atoms. The molecule has 2 rings (SSSR count). The van der Waals surface area contributed by atoms with Gasteiger partial charge in [-0.05, 0) is 31.7 Å². The lowest BCUT2D eigenvalue weighted by Gasteiger charge is -2.20. The minimum Gasteiger partial charge on any atom is -0.491 e. The maximum atomic E-state index is 10.1. The normalized spacial score (nSPS) is 12.6. The molecule has 114 valence electrons. The summed E-state index contributed by atoms with van der Waals surface area (Å²) in [4.78, 5) is 6.31. The van der Waals surface area contributed by atoms with E-state index < -0.39 is 6.10 Å². The van der Waals surface area contributed by atoms with E-state index in [1.54, 1.807) is 6.20 Å². The van der Waals surface area contributed by atoms with Crippen molar-refractivity contribution >= 4 is 0 Å². The molecule has 5 nitrogen and oxygen atoms in total. The molecule has 0 saturated carbocycles. The molecular formula is C16H23N3O2. The van der Waals surface area contributed by atoms with E-state index in [-0.39, 0.29) is 6.61 Å². The maximum absolute atomic E-state index is 10.1. The number of aliphatic hydroxyl groups excluding tert-OH is 1. The van der Waals surface area contributed by atoms with Crippen LogP contribution in [0.3, 0.4) is 0 Å². The number of benzene rings is 1. The van der Waals surface area contributed by atoms with E-state index in [9.17, 15) is 5.11 Å². The Hall–Kier alpha value is -1.85. The third-order valence-electron chi connectivity index (χ3n) is 3.29. The molecule has 1 unspecified atom stereocenters. The van der Waals surface area contributed by atoms with Gasteiger partial charge in [0, 0.05) is 26.0 Å². The minimum absolute atomic E-state index is 0.286. The molecule has 0 amide bonds. The Labute approximate surface area is 125 Å². The van der Waals surface area contributed by atoms with E-state index in [1.165, 1.54) is 0 Å². The van der Waals surface area contributed by atoms with Crippen LogP contribution in [0.2, 0.25) is 0 Å². The first kappa shape index (κ1) is 15.5. The first-order chi connectivity index (χ1) is 10.0. The van der Waals surface area contributed by atoms with Crippen LogP contribution < -0.4 is 4.74 Å². The maximum Gasteiger partial charge on any atom is 0.122 e. The monoisotopic (exact) mass is 289 g/mol. The molecular weight excluding hydrogens is 266 g/mol. The van der Waals surface area contributed by atoms with Gasteiger partial charge in [0.25, 0.3) is 0 Å². The van der Waals surface area contributed by atoms with Gasteiger partial charge in [0.05, 0.1) is 6.54 Å². The Morgan fingerprint density at radius 1 is 1.43 bits per heavy atom. The molecule has 21 heavy (non-hydrogen) atoms. The van der Waals surface area contributed by atoms with E-state index in [4.69, 9.17) is 4.74 Å². The second-order valence-electron chi connectivity index (χ2n) is 5.43. The standard InChI is InChI=1S/C16H23N3O2/c1-13-5-4-6-15(9-13)21-12-14(20)10-18(2)11-16-17-7-8-19(16)3/h4-9,14,20H,10-12H2,1-3H3. The van der Waals surface area contributed by atoms with Gasteiger partial charge in [0.15, 0.2) is 0 Å². The Bertz CT molecular complexity index is 568. The summed E-state index contributed by atoms with van der Waals surface area (Å²) in [5.41, 5.74) is 1.15. The van der Waals surface area contributed by atoms with Gasteiger partial charge in [-0.3, -0.25) is 4.90 Å². The zero-order chi connectivity index (χ0) is 15.2. The van der Waals surface area contributed by atoms with E-state index in [2.05, 4.69) is 4.98 Å². The summed E-state index contributed by atoms with van der Waals surface area (Å²) in [6.45, 7) is 3.54. The van der Waals surface area contributed by atoms with Crippen LogP contribution in [0.1, 0.15) is 11.4 Å². The van der Waals surface area contributed by atoms with E-state index >= 15 is 0 Å². The predicted molar refractivity (Wildman–Crippen MR) is 82.2 cm³/mol. The van der Waals surface area contributed by atoms with E-state index in [1.807, 2.05) is 60.9 Å². The van der Waals surface area contributed by atoms with Crippen LogP contribution in [-0.4, -0.2) is 45.9 Å². The number of nitrogens with zero attached hydrogens (tertiary/aromatic N) is 3. The van der Waals surface area contributed by atoms with Crippen molar-refractivity contribution in [1.82, 2.24) is 14.5 Å². The number of aryl methyl sites for hydroxylation is 2. The summed E-state index contributed by atoms with van der Waals surface area (Å²) in [5.74, 6) is 1.77. The molecule has 1 aromatic carbocycles. The predicted octanol–water partition coefficient (Wildman–Crippen LogP) is 1.60. The van der Waals surface area contributed by atoms with Gasteiger partial charge in [-0.15, -0.1) is 0 Å². The molecule has 0 aliphatic carbocycles. The Balaban J connectivity index is 1.76. The van der Waals surface area contributed by atoms with Crippen LogP contribution >= 0.6 is 0 Å². The van der Waals surface area contributed by atoms with Gasteiger partial charge in [-0.1, -0.05) is 12.1 Å². The van der Waals surface area contributed by atoms with Crippen molar-refractivity contribution in [3.8, 4) is 5.75 Å². The first-order valence-corrected chi connectivity index (χ1v) is 7.07. The largest absolute Gasteiger partial charge is 0.491 e. The van der Waals surface area contributed by atoms with Crippen LogP contribution in [0.15, 0.2) is 36.7 Å². The molecule has 0 aliphatic heterocycles. The number of likely N-dealkylation sites (N-methyl/N-ethyl adjacent to an activating group) is 1. The number of rotatable bonds is 7. The highest BCUT2D eigenvalue weighted by molar-refractivity contribution is 5.27. The second kappa shape index (κ2) is 7.24. The van der Waals surface area contributed by atoms with E-state index in [0.29, 0.717) is 13.1 Å². The highest BCUT2D eigenvalue weighted by Gasteiger charge is 2.11. The zero-order valence-corrected chi connectivity index (χ0v) is 12.9. The van der Waals surface area contributed by atoms with Crippen LogP contribution in [0.25, 0.3) is 0 Å².